The first-order valence-electron chi connectivity index (χ1n) is 5.67. The van der Waals surface area contributed by atoms with Crippen LogP contribution in [-0.4, -0.2) is 35.3 Å². The quantitative estimate of drug-likeness (QED) is 0.491. The van der Waals surface area contributed by atoms with Crippen molar-refractivity contribution in [2.75, 3.05) is 14.1 Å². The summed E-state index contributed by atoms with van der Waals surface area (Å²) in [6.07, 6.45) is 1.54. The fourth-order valence-electron chi connectivity index (χ4n) is 1.48. The van der Waals surface area contributed by atoms with Crippen LogP contribution in [0.25, 0.3) is 11.1 Å². The Balaban J connectivity index is 2.43. The molecule has 2 aromatic rings. The number of halogens is 3. The zero-order valence-corrected chi connectivity index (χ0v) is 12.3. The van der Waals surface area contributed by atoms with Gasteiger partial charge < -0.3 is 4.90 Å². The Bertz CT molecular complexity index is 618. The summed E-state index contributed by atoms with van der Waals surface area (Å²) in [6, 6.07) is 5.77. The fraction of sp³-hybridized carbons (Fsp3) is 0.154. The topological polar surface area (TPSA) is 41.4 Å². The van der Waals surface area contributed by atoms with Crippen molar-refractivity contribution < 1.29 is 4.39 Å². The van der Waals surface area contributed by atoms with Crippen molar-refractivity contribution in [3.8, 4) is 11.1 Å². The van der Waals surface area contributed by atoms with Gasteiger partial charge in [-0.1, -0.05) is 35.3 Å². The third kappa shape index (κ3) is 3.43. The van der Waals surface area contributed by atoms with Crippen LogP contribution in [0.5, 0.6) is 0 Å². The molecule has 1 heterocycles. The maximum Gasteiger partial charge on any atom is 0.253 e. The number of hydrogen-bond donors (Lipinski definition) is 0. The van der Waals surface area contributed by atoms with E-state index in [4.69, 9.17) is 23.2 Å². The van der Waals surface area contributed by atoms with E-state index in [9.17, 15) is 4.39 Å². The number of nitrogens with zero attached hydrogens (tertiary/aromatic N) is 4. The van der Waals surface area contributed by atoms with Crippen LogP contribution >= 0.6 is 23.2 Å². The highest BCUT2D eigenvalue weighted by atomic mass is 35.5. The standard InChI is InChI=1S/C13H11Cl2FN4/c1-20(2)7-17-13-18-11(14)10(12(15)19-13)8-3-5-9(16)6-4-8/h3-7H,1-2H3/b17-7+. The van der Waals surface area contributed by atoms with E-state index in [2.05, 4.69) is 15.0 Å². The molecule has 0 aliphatic rings. The molecule has 0 amide bonds. The molecule has 0 saturated heterocycles. The normalized spacial score (nSPS) is 11.1. The number of rotatable bonds is 3. The minimum atomic E-state index is -0.339. The third-order valence-corrected chi connectivity index (χ3v) is 2.89. The van der Waals surface area contributed by atoms with Crippen LogP contribution < -0.4 is 0 Å². The number of benzene rings is 1. The molecule has 0 saturated carbocycles. The average Bonchev–Trinajstić information content (AvgIpc) is 2.38. The van der Waals surface area contributed by atoms with Crippen molar-refractivity contribution >= 4 is 35.5 Å². The summed E-state index contributed by atoms with van der Waals surface area (Å²) in [5, 5.41) is 0.338. The summed E-state index contributed by atoms with van der Waals surface area (Å²) >= 11 is 12.2. The molecule has 0 spiro atoms. The maximum absolute atomic E-state index is 12.9. The molecule has 1 aromatic carbocycles. The van der Waals surface area contributed by atoms with Gasteiger partial charge in [-0.15, -0.1) is 0 Å². The Morgan fingerprint density at radius 1 is 1.10 bits per heavy atom. The van der Waals surface area contributed by atoms with Gasteiger partial charge in [-0.25, -0.2) is 9.38 Å². The number of hydrogen-bond acceptors (Lipinski definition) is 3. The number of aromatic nitrogens is 2. The van der Waals surface area contributed by atoms with E-state index < -0.39 is 0 Å². The van der Waals surface area contributed by atoms with Crippen molar-refractivity contribution in [2.45, 2.75) is 0 Å². The Labute approximate surface area is 125 Å². The Hall–Kier alpha value is -1.72. The van der Waals surface area contributed by atoms with E-state index in [0.717, 1.165) is 0 Å². The molecule has 0 aliphatic carbocycles. The van der Waals surface area contributed by atoms with Crippen LogP contribution in [0.1, 0.15) is 0 Å². The molecule has 0 aliphatic heterocycles. The molecule has 4 nitrogen and oxygen atoms in total. The smallest absolute Gasteiger partial charge is 0.253 e. The molecular weight excluding hydrogens is 302 g/mol. The summed E-state index contributed by atoms with van der Waals surface area (Å²) < 4.78 is 12.9. The van der Waals surface area contributed by atoms with Gasteiger partial charge in [0.1, 0.15) is 16.1 Å². The maximum atomic E-state index is 12.9. The second kappa shape index (κ2) is 6.15. The first-order valence-corrected chi connectivity index (χ1v) is 6.42. The molecule has 0 N–H and O–H groups in total. The number of aliphatic imine (C=N–C) groups is 1. The summed E-state index contributed by atoms with van der Waals surface area (Å²) in [7, 11) is 3.64. The van der Waals surface area contributed by atoms with Gasteiger partial charge in [-0.2, -0.15) is 9.97 Å². The van der Waals surface area contributed by atoms with E-state index in [1.807, 2.05) is 14.1 Å². The Kier molecular flexibility index (Phi) is 4.52. The molecule has 0 unspecified atom stereocenters. The first kappa shape index (κ1) is 14.7. The van der Waals surface area contributed by atoms with Gasteiger partial charge in [0, 0.05) is 14.1 Å². The summed E-state index contributed by atoms with van der Waals surface area (Å²) in [4.78, 5) is 13.9. The Morgan fingerprint density at radius 2 is 1.65 bits per heavy atom. The molecule has 0 fully saturated rings. The van der Waals surface area contributed by atoms with E-state index >= 15 is 0 Å². The average molecular weight is 313 g/mol. The van der Waals surface area contributed by atoms with Crippen LogP contribution in [-0.2, 0) is 0 Å². The lowest BCUT2D eigenvalue weighted by atomic mass is 10.1. The summed E-state index contributed by atoms with van der Waals surface area (Å²) in [6.45, 7) is 0. The van der Waals surface area contributed by atoms with Crippen LogP contribution in [0.4, 0.5) is 10.3 Å². The lowest BCUT2D eigenvalue weighted by Crippen LogP contribution is -2.07. The molecule has 0 bridgehead atoms. The minimum Gasteiger partial charge on any atom is -0.369 e. The predicted molar refractivity (Wildman–Crippen MR) is 79.3 cm³/mol. The van der Waals surface area contributed by atoms with Gasteiger partial charge in [-0.3, -0.25) is 0 Å². The molecule has 7 heteroatoms. The van der Waals surface area contributed by atoms with E-state index in [-0.39, 0.29) is 22.1 Å². The first-order chi connectivity index (χ1) is 9.47. The van der Waals surface area contributed by atoms with Gasteiger partial charge in [0.05, 0.1) is 11.9 Å². The van der Waals surface area contributed by atoms with Crippen molar-refractivity contribution in [3.63, 3.8) is 0 Å². The molecule has 1 aromatic heterocycles. The van der Waals surface area contributed by atoms with Crippen molar-refractivity contribution in [3.05, 3.63) is 40.4 Å². The summed E-state index contributed by atoms with van der Waals surface area (Å²) in [5.74, 6) is -0.173. The van der Waals surface area contributed by atoms with Gasteiger partial charge >= 0.3 is 0 Å². The van der Waals surface area contributed by atoms with Crippen molar-refractivity contribution in [1.29, 1.82) is 0 Å². The van der Waals surface area contributed by atoms with Crippen molar-refractivity contribution in [1.82, 2.24) is 14.9 Å². The molecular formula is C13H11Cl2FN4. The van der Waals surface area contributed by atoms with E-state index in [1.54, 1.807) is 23.4 Å². The highest BCUT2D eigenvalue weighted by Gasteiger charge is 2.13. The third-order valence-electron chi connectivity index (χ3n) is 2.35. The second-order valence-corrected chi connectivity index (χ2v) is 4.91. The zero-order chi connectivity index (χ0) is 14.7. The van der Waals surface area contributed by atoms with Gasteiger partial charge in [0.25, 0.3) is 5.95 Å². The minimum absolute atomic E-state index is 0.166. The van der Waals surface area contributed by atoms with Crippen molar-refractivity contribution in [2.24, 2.45) is 4.99 Å². The summed E-state index contributed by atoms with van der Waals surface area (Å²) in [5.41, 5.74) is 1.10. The van der Waals surface area contributed by atoms with Gasteiger partial charge in [0.2, 0.25) is 0 Å². The predicted octanol–water partition coefficient (Wildman–Crippen LogP) is 3.81. The molecule has 2 rings (SSSR count). The molecule has 104 valence electrons. The molecule has 0 radical (unpaired) electrons. The van der Waals surface area contributed by atoms with E-state index in [0.29, 0.717) is 11.1 Å². The van der Waals surface area contributed by atoms with Gasteiger partial charge in [-0.05, 0) is 17.7 Å². The van der Waals surface area contributed by atoms with Gasteiger partial charge in [0.15, 0.2) is 0 Å². The largest absolute Gasteiger partial charge is 0.369 e. The van der Waals surface area contributed by atoms with Crippen LogP contribution in [0, 0.1) is 5.82 Å². The highest BCUT2D eigenvalue weighted by molar-refractivity contribution is 6.37. The lowest BCUT2D eigenvalue weighted by Gasteiger charge is -2.07. The lowest BCUT2D eigenvalue weighted by molar-refractivity contribution is 0.628. The monoisotopic (exact) mass is 312 g/mol. The molecule has 20 heavy (non-hydrogen) atoms. The van der Waals surface area contributed by atoms with E-state index in [1.165, 1.54) is 12.1 Å². The van der Waals surface area contributed by atoms with Crippen LogP contribution in [0.3, 0.4) is 0 Å². The highest BCUT2D eigenvalue weighted by Crippen LogP contribution is 2.33. The zero-order valence-electron chi connectivity index (χ0n) is 10.8. The fourth-order valence-corrected chi connectivity index (χ4v) is 2.07. The SMILES string of the molecule is CN(C)/C=N/c1nc(Cl)c(-c2ccc(F)cc2)c(Cl)n1. The van der Waals surface area contributed by atoms with Crippen LogP contribution in [0.2, 0.25) is 10.3 Å². The Morgan fingerprint density at radius 3 is 2.15 bits per heavy atom. The molecule has 0 atom stereocenters. The van der Waals surface area contributed by atoms with Crippen LogP contribution in [0.15, 0.2) is 29.3 Å². The second-order valence-electron chi connectivity index (χ2n) is 4.20.